The van der Waals surface area contributed by atoms with Gasteiger partial charge in [-0.2, -0.15) is 0 Å². The van der Waals surface area contributed by atoms with Gasteiger partial charge in [0.15, 0.2) is 0 Å². The van der Waals surface area contributed by atoms with Gasteiger partial charge in [-0.15, -0.1) is 0 Å². The summed E-state index contributed by atoms with van der Waals surface area (Å²) >= 11 is 0. The first-order valence-electron chi connectivity index (χ1n) is 8.77. The number of aliphatic hydroxyl groups excluding tert-OH is 1. The Morgan fingerprint density at radius 1 is 0.667 bits per heavy atom. The zero-order valence-electron chi connectivity index (χ0n) is 13.6. The maximum atomic E-state index is 9.56. The normalized spacial score (nSPS) is 22.6. The largest absolute Gasteiger partial charge is 0.396 e. The van der Waals surface area contributed by atoms with E-state index >= 15 is 0 Å². The van der Waals surface area contributed by atoms with Crippen LogP contribution in [0.2, 0.25) is 0 Å². The zero-order chi connectivity index (χ0) is 16.1. The molecule has 0 atom stereocenters. The quantitative estimate of drug-likeness (QED) is 0.749. The third-order valence-electron chi connectivity index (χ3n) is 5.90. The highest BCUT2D eigenvalue weighted by Gasteiger charge is 2.50. The van der Waals surface area contributed by atoms with Gasteiger partial charge in [0.1, 0.15) is 0 Å². The molecule has 0 saturated heterocycles. The number of rotatable bonds is 3. The minimum Gasteiger partial charge on any atom is -0.396 e. The molecule has 0 amide bonds. The van der Waals surface area contributed by atoms with Gasteiger partial charge in [0.2, 0.25) is 0 Å². The summed E-state index contributed by atoms with van der Waals surface area (Å²) in [7, 11) is 0. The van der Waals surface area contributed by atoms with E-state index in [1.807, 2.05) is 0 Å². The molecule has 2 bridgehead atoms. The molecule has 1 heteroatoms. The standard InChI is InChI=1S/C23H20O/c24-15-7-14-23-19-11-4-1-8-16(19)22(17-9-2-5-12-20(17)23)18-10-3-6-13-21(18)23/h1-6,8-13,22,24H,7,14-15H2. The summed E-state index contributed by atoms with van der Waals surface area (Å²) in [4.78, 5) is 0. The van der Waals surface area contributed by atoms with E-state index < -0.39 is 0 Å². The Labute approximate surface area is 142 Å². The van der Waals surface area contributed by atoms with Crippen molar-refractivity contribution in [3.63, 3.8) is 0 Å². The lowest BCUT2D eigenvalue weighted by Crippen LogP contribution is -2.42. The van der Waals surface area contributed by atoms with Crippen molar-refractivity contribution in [3.8, 4) is 0 Å². The van der Waals surface area contributed by atoms with E-state index in [2.05, 4.69) is 72.8 Å². The molecule has 24 heavy (non-hydrogen) atoms. The van der Waals surface area contributed by atoms with Gasteiger partial charge in [0, 0.05) is 17.9 Å². The predicted octanol–water partition coefficient (Wildman–Crippen LogP) is 4.60. The monoisotopic (exact) mass is 312 g/mol. The van der Waals surface area contributed by atoms with Crippen LogP contribution in [0.3, 0.4) is 0 Å². The van der Waals surface area contributed by atoms with Crippen molar-refractivity contribution in [1.82, 2.24) is 0 Å². The van der Waals surface area contributed by atoms with Crippen LogP contribution in [-0.2, 0) is 5.41 Å². The Kier molecular flexibility index (Phi) is 2.95. The minimum atomic E-state index is -0.124. The molecule has 3 aliphatic carbocycles. The minimum absolute atomic E-state index is 0.124. The van der Waals surface area contributed by atoms with Crippen LogP contribution in [0.5, 0.6) is 0 Å². The van der Waals surface area contributed by atoms with E-state index in [4.69, 9.17) is 0 Å². The molecule has 6 rings (SSSR count). The highest BCUT2D eigenvalue weighted by atomic mass is 16.2. The molecule has 1 nitrogen and oxygen atoms in total. The van der Waals surface area contributed by atoms with Gasteiger partial charge in [-0.1, -0.05) is 72.8 Å². The second-order valence-electron chi connectivity index (χ2n) is 6.93. The molecule has 118 valence electrons. The van der Waals surface area contributed by atoms with Crippen LogP contribution in [0.25, 0.3) is 0 Å². The fraction of sp³-hybridized carbons (Fsp3) is 0.217. The fourth-order valence-electron chi connectivity index (χ4n) is 5.10. The maximum absolute atomic E-state index is 9.56. The summed E-state index contributed by atoms with van der Waals surface area (Å²) in [6.07, 6.45) is 1.75. The first kappa shape index (κ1) is 14.0. The van der Waals surface area contributed by atoms with Crippen molar-refractivity contribution in [3.05, 3.63) is 106 Å². The molecule has 0 radical (unpaired) electrons. The second kappa shape index (κ2) is 5.06. The topological polar surface area (TPSA) is 20.2 Å². The predicted molar refractivity (Wildman–Crippen MR) is 96.5 cm³/mol. The molecular formula is C23H20O. The lowest BCUT2D eigenvalue weighted by Gasteiger charge is -2.51. The average Bonchev–Trinajstić information content (AvgIpc) is 2.66. The average molecular weight is 312 g/mol. The van der Waals surface area contributed by atoms with Crippen LogP contribution in [0.1, 0.15) is 52.1 Å². The third-order valence-corrected chi connectivity index (χ3v) is 5.90. The second-order valence-corrected chi connectivity index (χ2v) is 6.93. The van der Waals surface area contributed by atoms with E-state index in [-0.39, 0.29) is 12.0 Å². The summed E-state index contributed by atoms with van der Waals surface area (Å²) in [5.41, 5.74) is 8.48. The first-order valence-corrected chi connectivity index (χ1v) is 8.77. The van der Waals surface area contributed by atoms with Gasteiger partial charge in [-0.3, -0.25) is 0 Å². The molecule has 0 fully saturated rings. The third kappa shape index (κ3) is 1.58. The molecule has 0 saturated carbocycles. The SMILES string of the molecule is OCCCC12c3ccccc3C(c3ccccc31)c1ccccc12. The Balaban J connectivity index is 1.92. The summed E-state index contributed by atoms with van der Waals surface area (Å²) in [5.74, 6) is 0.338. The summed E-state index contributed by atoms with van der Waals surface area (Å²) in [5, 5.41) is 9.56. The zero-order valence-corrected chi connectivity index (χ0v) is 13.6. The molecule has 0 aliphatic heterocycles. The van der Waals surface area contributed by atoms with Crippen LogP contribution in [0.4, 0.5) is 0 Å². The Hall–Kier alpha value is -2.38. The summed E-state index contributed by atoms with van der Waals surface area (Å²) in [6.45, 7) is 0.234. The van der Waals surface area contributed by atoms with E-state index in [9.17, 15) is 5.11 Å². The van der Waals surface area contributed by atoms with Crippen LogP contribution in [-0.4, -0.2) is 11.7 Å². The van der Waals surface area contributed by atoms with E-state index in [1.165, 1.54) is 33.4 Å². The van der Waals surface area contributed by atoms with Crippen molar-refractivity contribution >= 4 is 0 Å². The van der Waals surface area contributed by atoms with Crippen LogP contribution in [0.15, 0.2) is 72.8 Å². The Morgan fingerprint density at radius 2 is 1.08 bits per heavy atom. The highest BCUT2D eigenvalue weighted by molar-refractivity contribution is 5.71. The van der Waals surface area contributed by atoms with Crippen LogP contribution < -0.4 is 0 Å². The molecule has 0 heterocycles. The summed E-state index contributed by atoms with van der Waals surface area (Å²) in [6, 6.07) is 26.7. The van der Waals surface area contributed by atoms with Gasteiger partial charge in [-0.25, -0.2) is 0 Å². The fourth-order valence-corrected chi connectivity index (χ4v) is 5.10. The summed E-state index contributed by atoms with van der Waals surface area (Å²) < 4.78 is 0. The Morgan fingerprint density at radius 3 is 1.50 bits per heavy atom. The van der Waals surface area contributed by atoms with Crippen LogP contribution in [0, 0.1) is 0 Å². The molecule has 3 aromatic rings. The van der Waals surface area contributed by atoms with Crippen molar-refractivity contribution in [2.75, 3.05) is 6.61 Å². The molecule has 1 N–H and O–H groups in total. The van der Waals surface area contributed by atoms with Crippen molar-refractivity contribution in [1.29, 1.82) is 0 Å². The molecule has 0 aromatic heterocycles. The van der Waals surface area contributed by atoms with E-state index in [0.29, 0.717) is 5.92 Å². The number of hydrogen-bond acceptors (Lipinski definition) is 1. The number of hydrogen-bond donors (Lipinski definition) is 1. The maximum Gasteiger partial charge on any atom is 0.0461 e. The van der Waals surface area contributed by atoms with Crippen molar-refractivity contribution in [2.45, 2.75) is 24.2 Å². The number of benzene rings is 3. The number of aliphatic hydroxyl groups is 1. The smallest absolute Gasteiger partial charge is 0.0461 e. The first-order chi connectivity index (χ1) is 11.9. The van der Waals surface area contributed by atoms with Crippen LogP contribution >= 0.6 is 0 Å². The van der Waals surface area contributed by atoms with Crippen molar-refractivity contribution in [2.24, 2.45) is 0 Å². The lowest BCUT2D eigenvalue weighted by molar-refractivity contribution is 0.273. The molecule has 3 aromatic carbocycles. The van der Waals surface area contributed by atoms with Gasteiger partial charge in [0.05, 0.1) is 0 Å². The molecule has 0 spiro atoms. The van der Waals surface area contributed by atoms with Gasteiger partial charge >= 0.3 is 0 Å². The van der Waals surface area contributed by atoms with Crippen molar-refractivity contribution < 1.29 is 5.11 Å². The highest BCUT2D eigenvalue weighted by Crippen LogP contribution is 2.60. The van der Waals surface area contributed by atoms with Gasteiger partial charge in [-0.05, 0) is 46.2 Å². The van der Waals surface area contributed by atoms with Gasteiger partial charge in [0.25, 0.3) is 0 Å². The Bertz CT molecular complexity index is 809. The molecule has 3 aliphatic rings. The van der Waals surface area contributed by atoms with E-state index in [0.717, 1.165) is 12.8 Å². The van der Waals surface area contributed by atoms with E-state index in [1.54, 1.807) is 0 Å². The van der Waals surface area contributed by atoms with Gasteiger partial charge < -0.3 is 5.11 Å². The molecule has 0 unspecified atom stereocenters. The molecular weight excluding hydrogens is 292 g/mol. The lowest BCUT2D eigenvalue weighted by atomic mass is 9.52.